The predicted molar refractivity (Wildman–Crippen MR) is 119 cm³/mol. The third-order valence-corrected chi connectivity index (χ3v) is 6.51. The quantitative estimate of drug-likeness (QED) is 0.764. The Hall–Kier alpha value is -3.22. The van der Waals surface area contributed by atoms with Gasteiger partial charge in [-0.1, -0.05) is 26.2 Å². The third-order valence-electron chi connectivity index (χ3n) is 6.51. The number of carbonyl (C=O) groups is 2. The first-order valence-electron chi connectivity index (χ1n) is 11.4. The maximum atomic E-state index is 13.2. The summed E-state index contributed by atoms with van der Waals surface area (Å²) in [5, 5.41) is 2.96. The number of hydrogen-bond donors (Lipinski definition) is 1. The summed E-state index contributed by atoms with van der Waals surface area (Å²) in [7, 11) is 0. The van der Waals surface area contributed by atoms with Crippen molar-refractivity contribution in [2.45, 2.75) is 64.1 Å². The minimum Gasteiger partial charge on any atom is -0.480 e. The molecule has 2 aliphatic heterocycles. The molecule has 0 unspecified atom stereocenters. The van der Waals surface area contributed by atoms with Crippen LogP contribution < -0.4 is 19.5 Å². The summed E-state index contributed by atoms with van der Waals surface area (Å²) in [5.41, 5.74) is 2.08. The molecule has 0 saturated heterocycles. The molecule has 0 aromatic heterocycles. The van der Waals surface area contributed by atoms with Crippen molar-refractivity contribution in [2.75, 3.05) is 12.1 Å². The molecular weight excluding hydrogens is 408 g/mol. The molecule has 1 aliphatic carbocycles. The molecule has 7 heteroatoms. The number of hydrogen-bond acceptors (Lipinski definition) is 5. The van der Waals surface area contributed by atoms with E-state index in [1.807, 2.05) is 30.0 Å². The van der Waals surface area contributed by atoms with E-state index in [0.717, 1.165) is 31.2 Å². The Morgan fingerprint density at radius 2 is 1.81 bits per heavy atom. The van der Waals surface area contributed by atoms with E-state index in [4.69, 9.17) is 14.2 Å². The van der Waals surface area contributed by atoms with Gasteiger partial charge >= 0.3 is 0 Å². The number of nitrogens with one attached hydrogen (secondary N) is 1. The summed E-state index contributed by atoms with van der Waals surface area (Å²) in [6.45, 7) is 2.65. The molecule has 2 aromatic carbocycles. The molecule has 1 atom stereocenters. The molecule has 32 heavy (non-hydrogen) atoms. The summed E-state index contributed by atoms with van der Waals surface area (Å²) in [4.78, 5) is 28.0. The lowest BCUT2D eigenvalue weighted by Crippen LogP contribution is -2.45. The molecule has 2 heterocycles. The summed E-state index contributed by atoms with van der Waals surface area (Å²) < 4.78 is 16.8. The van der Waals surface area contributed by atoms with Gasteiger partial charge in [0.25, 0.3) is 11.8 Å². The third kappa shape index (κ3) is 3.99. The molecular formula is C25H28N2O5. The second-order valence-electron chi connectivity index (χ2n) is 8.62. The van der Waals surface area contributed by atoms with Gasteiger partial charge in [0.1, 0.15) is 5.75 Å². The van der Waals surface area contributed by atoms with Crippen molar-refractivity contribution >= 4 is 17.5 Å². The Balaban J connectivity index is 1.38. The minimum absolute atomic E-state index is 0.0709. The molecule has 3 aliphatic rings. The van der Waals surface area contributed by atoms with Crippen LogP contribution in [0.5, 0.6) is 17.2 Å². The molecule has 0 spiro atoms. The number of fused-ring (bicyclic) bond motifs is 2. The van der Waals surface area contributed by atoms with Gasteiger partial charge in [-0.05, 0) is 55.7 Å². The second-order valence-corrected chi connectivity index (χ2v) is 8.62. The zero-order chi connectivity index (χ0) is 22.1. The molecule has 0 bridgehead atoms. The van der Waals surface area contributed by atoms with Crippen LogP contribution in [-0.2, 0) is 11.3 Å². The SMILES string of the molecule is CC[C@H]1Oc2ccc(NC(=O)c3ccc4c(c3)OCO4)cc2CN(C2CCCCC2)C1=O. The van der Waals surface area contributed by atoms with Crippen molar-refractivity contribution in [3.05, 3.63) is 47.5 Å². The molecule has 0 radical (unpaired) electrons. The van der Waals surface area contributed by atoms with Crippen LogP contribution in [-0.4, -0.2) is 35.7 Å². The van der Waals surface area contributed by atoms with E-state index >= 15 is 0 Å². The molecule has 1 fully saturated rings. The Morgan fingerprint density at radius 1 is 1.03 bits per heavy atom. The van der Waals surface area contributed by atoms with Crippen molar-refractivity contribution in [3.8, 4) is 17.2 Å². The van der Waals surface area contributed by atoms with Gasteiger partial charge in [-0.25, -0.2) is 0 Å². The van der Waals surface area contributed by atoms with Crippen molar-refractivity contribution in [1.82, 2.24) is 4.90 Å². The smallest absolute Gasteiger partial charge is 0.264 e. The lowest BCUT2D eigenvalue weighted by Gasteiger charge is -2.34. The largest absolute Gasteiger partial charge is 0.480 e. The van der Waals surface area contributed by atoms with Crippen LogP contribution >= 0.6 is 0 Å². The topological polar surface area (TPSA) is 77.1 Å². The fourth-order valence-corrected chi connectivity index (χ4v) is 4.75. The number of nitrogens with zero attached hydrogens (tertiary/aromatic N) is 1. The van der Waals surface area contributed by atoms with E-state index < -0.39 is 6.10 Å². The van der Waals surface area contributed by atoms with Crippen LogP contribution in [0.4, 0.5) is 5.69 Å². The van der Waals surface area contributed by atoms with Crippen molar-refractivity contribution in [1.29, 1.82) is 0 Å². The summed E-state index contributed by atoms with van der Waals surface area (Å²) in [5.74, 6) is 1.76. The van der Waals surface area contributed by atoms with Gasteiger partial charge in [0.05, 0.1) is 0 Å². The Bertz CT molecular complexity index is 1030. The monoisotopic (exact) mass is 436 g/mol. The Labute approximate surface area is 187 Å². The lowest BCUT2D eigenvalue weighted by molar-refractivity contribution is -0.141. The number of amides is 2. The van der Waals surface area contributed by atoms with E-state index in [2.05, 4.69) is 5.32 Å². The van der Waals surface area contributed by atoms with Gasteiger partial charge in [0.2, 0.25) is 6.79 Å². The van der Waals surface area contributed by atoms with Crippen LogP contribution in [0.15, 0.2) is 36.4 Å². The van der Waals surface area contributed by atoms with Crippen LogP contribution in [0.1, 0.15) is 61.4 Å². The summed E-state index contributed by atoms with van der Waals surface area (Å²) in [6.07, 6.45) is 5.79. The fourth-order valence-electron chi connectivity index (χ4n) is 4.75. The highest BCUT2D eigenvalue weighted by Crippen LogP contribution is 2.34. The van der Waals surface area contributed by atoms with Crippen molar-refractivity contribution < 1.29 is 23.8 Å². The fraction of sp³-hybridized carbons (Fsp3) is 0.440. The standard InChI is InChI=1S/C25H28N2O5/c1-2-20-25(29)27(19-6-4-3-5-7-19)14-17-12-18(9-11-21(17)32-20)26-24(28)16-8-10-22-23(13-16)31-15-30-22/h8-13,19-20H,2-7,14-15H2,1H3,(H,26,28)/t20-/m1/s1. The summed E-state index contributed by atoms with van der Waals surface area (Å²) >= 11 is 0. The van der Waals surface area contributed by atoms with E-state index in [9.17, 15) is 9.59 Å². The highest BCUT2D eigenvalue weighted by atomic mass is 16.7. The first-order valence-corrected chi connectivity index (χ1v) is 11.4. The lowest BCUT2D eigenvalue weighted by atomic mass is 9.93. The number of carbonyl (C=O) groups excluding carboxylic acids is 2. The van der Waals surface area contributed by atoms with Crippen molar-refractivity contribution in [2.24, 2.45) is 0 Å². The van der Waals surface area contributed by atoms with Gasteiger partial charge in [0.15, 0.2) is 17.6 Å². The van der Waals surface area contributed by atoms with Crippen LogP contribution in [0.3, 0.4) is 0 Å². The molecule has 5 rings (SSSR count). The number of anilines is 1. The van der Waals surface area contributed by atoms with E-state index in [-0.39, 0.29) is 24.6 Å². The van der Waals surface area contributed by atoms with Crippen LogP contribution in [0, 0.1) is 0 Å². The van der Waals surface area contributed by atoms with E-state index in [1.165, 1.54) is 6.42 Å². The minimum atomic E-state index is -0.466. The molecule has 7 nitrogen and oxygen atoms in total. The van der Waals surface area contributed by atoms with Gasteiger partial charge in [0, 0.05) is 29.4 Å². The van der Waals surface area contributed by atoms with Gasteiger partial charge in [-0.3, -0.25) is 9.59 Å². The van der Waals surface area contributed by atoms with Gasteiger partial charge < -0.3 is 24.4 Å². The molecule has 2 amide bonds. The normalized spacial score (nSPS) is 20.3. The maximum absolute atomic E-state index is 13.2. The average molecular weight is 437 g/mol. The summed E-state index contributed by atoms with van der Waals surface area (Å²) in [6, 6.07) is 11.0. The maximum Gasteiger partial charge on any atom is 0.264 e. The zero-order valence-corrected chi connectivity index (χ0v) is 18.3. The second kappa shape index (κ2) is 8.73. The highest BCUT2D eigenvalue weighted by Gasteiger charge is 2.34. The Kier molecular flexibility index (Phi) is 5.64. The van der Waals surface area contributed by atoms with E-state index in [1.54, 1.807) is 18.2 Å². The highest BCUT2D eigenvalue weighted by molar-refractivity contribution is 6.04. The first-order chi connectivity index (χ1) is 15.6. The predicted octanol–water partition coefficient (Wildman–Crippen LogP) is 4.50. The first kappa shape index (κ1) is 20.7. The number of benzene rings is 2. The zero-order valence-electron chi connectivity index (χ0n) is 18.3. The average Bonchev–Trinajstić information content (AvgIpc) is 3.24. The van der Waals surface area contributed by atoms with Gasteiger partial charge in [-0.2, -0.15) is 0 Å². The number of ether oxygens (including phenoxy) is 3. The Morgan fingerprint density at radius 3 is 2.62 bits per heavy atom. The van der Waals surface area contributed by atoms with Crippen molar-refractivity contribution in [3.63, 3.8) is 0 Å². The van der Waals surface area contributed by atoms with Crippen LogP contribution in [0.2, 0.25) is 0 Å². The molecule has 1 N–H and O–H groups in total. The molecule has 2 aromatic rings. The molecule has 168 valence electrons. The van der Waals surface area contributed by atoms with Gasteiger partial charge in [-0.15, -0.1) is 0 Å². The van der Waals surface area contributed by atoms with Crippen LogP contribution in [0.25, 0.3) is 0 Å². The van der Waals surface area contributed by atoms with E-state index in [0.29, 0.717) is 41.5 Å². The number of rotatable bonds is 4. The molecule has 1 saturated carbocycles.